The number of aliphatic imine (C=N–C) groups is 1. The largest absolute Gasteiger partial charge is 0.370 e. The van der Waals surface area contributed by atoms with E-state index < -0.39 is 5.95 Å². The lowest BCUT2D eigenvalue weighted by molar-refractivity contribution is 0.364. The zero-order valence-corrected chi connectivity index (χ0v) is 17.3. The van der Waals surface area contributed by atoms with Crippen molar-refractivity contribution in [3.63, 3.8) is 0 Å². The van der Waals surface area contributed by atoms with Crippen LogP contribution in [0, 0.1) is 17.3 Å². The zero-order valence-electron chi connectivity index (χ0n) is 17.3. The first-order chi connectivity index (χ1) is 13.3. The molecule has 1 aromatic heterocycles. The van der Waals surface area contributed by atoms with Crippen LogP contribution >= 0.6 is 0 Å². The molecule has 1 N–H and O–H groups in total. The molecule has 3 rings (SSSR count). The average molecular weight is 380 g/mol. The molecular weight excluding hydrogens is 349 g/mol. The number of allylic oxidation sites excluding steroid dienone is 1. The Balaban J connectivity index is 1.79. The highest BCUT2D eigenvalue weighted by atomic mass is 19.1. The van der Waals surface area contributed by atoms with Gasteiger partial charge in [-0.2, -0.15) is 4.39 Å². The van der Waals surface area contributed by atoms with Crippen LogP contribution in [0.5, 0.6) is 0 Å². The van der Waals surface area contributed by atoms with Crippen LogP contribution in [0.2, 0.25) is 0 Å². The standard InChI is InChI=1S/C24H30FN3/c1-16(2)18-8-6-7-9-19(18)22(26-5)20-10-11-21(28-23(20)25)27-15-17-12-13-24(3,4)14-17/h6-11,17H,1,12-15H2,2-5H3,(H,27,28)/b26-22+. The molecule has 4 heteroatoms. The van der Waals surface area contributed by atoms with Crippen molar-refractivity contribution >= 4 is 17.1 Å². The van der Waals surface area contributed by atoms with E-state index in [4.69, 9.17) is 0 Å². The fourth-order valence-electron chi connectivity index (χ4n) is 4.16. The summed E-state index contributed by atoms with van der Waals surface area (Å²) in [5, 5.41) is 3.31. The number of halogens is 1. The summed E-state index contributed by atoms with van der Waals surface area (Å²) in [6, 6.07) is 11.4. The molecule has 1 heterocycles. The van der Waals surface area contributed by atoms with E-state index >= 15 is 0 Å². The van der Waals surface area contributed by atoms with Crippen LogP contribution in [-0.4, -0.2) is 24.3 Å². The van der Waals surface area contributed by atoms with Gasteiger partial charge < -0.3 is 5.32 Å². The van der Waals surface area contributed by atoms with E-state index in [-0.39, 0.29) is 0 Å². The van der Waals surface area contributed by atoms with Crippen molar-refractivity contribution < 1.29 is 4.39 Å². The SMILES string of the molecule is C=C(C)c1ccccc1/C(=N\C)c1ccc(NCC2CCC(C)(C)C2)nc1F. The number of hydrogen-bond acceptors (Lipinski definition) is 3. The first-order valence-corrected chi connectivity index (χ1v) is 9.93. The van der Waals surface area contributed by atoms with Crippen LogP contribution in [0.3, 0.4) is 0 Å². The van der Waals surface area contributed by atoms with E-state index in [9.17, 15) is 4.39 Å². The van der Waals surface area contributed by atoms with Gasteiger partial charge in [-0.3, -0.25) is 4.99 Å². The maximum Gasteiger partial charge on any atom is 0.224 e. The van der Waals surface area contributed by atoms with Crippen molar-refractivity contribution in [2.75, 3.05) is 18.9 Å². The van der Waals surface area contributed by atoms with Crippen LogP contribution in [0.15, 0.2) is 48.0 Å². The molecular formula is C24H30FN3. The number of anilines is 1. The maximum absolute atomic E-state index is 14.9. The molecule has 3 nitrogen and oxygen atoms in total. The fraction of sp³-hybridized carbons (Fsp3) is 0.417. The van der Waals surface area contributed by atoms with E-state index in [2.05, 4.69) is 35.7 Å². The number of rotatable bonds is 6. The highest BCUT2D eigenvalue weighted by Crippen LogP contribution is 2.40. The predicted octanol–water partition coefficient (Wildman–Crippen LogP) is 5.96. The molecule has 0 spiro atoms. The van der Waals surface area contributed by atoms with Gasteiger partial charge in [-0.05, 0) is 55.2 Å². The molecule has 1 unspecified atom stereocenters. The monoisotopic (exact) mass is 379 g/mol. The molecule has 0 radical (unpaired) electrons. The van der Waals surface area contributed by atoms with Gasteiger partial charge in [0.05, 0.1) is 11.3 Å². The molecule has 1 aliphatic rings. The lowest BCUT2D eigenvalue weighted by Crippen LogP contribution is -2.15. The first-order valence-electron chi connectivity index (χ1n) is 9.93. The highest BCUT2D eigenvalue weighted by molar-refractivity contribution is 6.15. The molecule has 28 heavy (non-hydrogen) atoms. The minimum atomic E-state index is -0.506. The average Bonchev–Trinajstić information content (AvgIpc) is 3.01. The zero-order chi connectivity index (χ0) is 20.3. The van der Waals surface area contributed by atoms with E-state index in [0.29, 0.717) is 28.4 Å². The molecule has 1 fully saturated rings. The molecule has 1 saturated carbocycles. The van der Waals surface area contributed by atoms with Crippen LogP contribution in [0.25, 0.3) is 5.57 Å². The molecule has 148 valence electrons. The molecule has 0 bridgehead atoms. The van der Waals surface area contributed by atoms with Crippen molar-refractivity contribution in [2.45, 2.75) is 40.0 Å². The van der Waals surface area contributed by atoms with Crippen LogP contribution in [-0.2, 0) is 0 Å². The van der Waals surface area contributed by atoms with Gasteiger partial charge >= 0.3 is 0 Å². The van der Waals surface area contributed by atoms with Gasteiger partial charge in [0.1, 0.15) is 5.82 Å². The summed E-state index contributed by atoms with van der Waals surface area (Å²) in [7, 11) is 1.68. The molecule has 1 atom stereocenters. The third-order valence-electron chi connectivity index (χ3n) is 5.61. The van der Waals surface area contributed by atoms with Gasteiger partial charge in [-0.1, -0.05) is 50.3 Å². The first kappa shape index (κ1) is 20.2. The number of nitrogens with zero attached hydrogens (tertiary/aromatic N) is 2. The normalized spacial score (nSPS) is 18.9. The van der Waals surface area contributed by atoms with E-state index in [1.165, 1.54) is 19.3 Å². The second kappa shape index (κ2) is 8.26. The molecule has 1 aliphatic carbocycles. The lowest BCUT2D eigenvalue weighted by atomic mass is 9.90. The smallest absolute Gasteiger partial charge is 0.224 e. The molecule has 0 aliphatic heterocycles. The minimum Gasteiger partial charge on any atom is -0.370 e. The van der Waals surface area contributed by atoms with Crippen molar-refractivity contribution in [1.82, 2.24) is 4.98 Å². The van der Waals surface area contributed by atoms with E-state index in [1.54, 1.807) is 13.1 Å². The number of hydrogen-bond donors (Lipinski definition) is 1. The number of pyridine rings is 1. The summed E-state index contributed by atoms with van der Waals surface area (Å²) in [6.07, 6.45) is 3.66. The Kier molecular flexibility index (Phi) is 5.97. The quantitative estimate of drug-likeness (QED) is 0.497. The van der Waals surface area contributed by atoms with Gasteiger partial charge in [-0.15, -0.1) is 0 Å². The Morgan fingerprint density at radius 3 is 2.50 bits per heavy atom. The molecule has 1 aromatic carbocycles. The van der Waals surface area contributed by atoms with Gasteiger partial charge in [-0.25, -0.2) is 4.98 Å². The summed E-state index contributed by atoms with van der Waals surface area (Å²) in [4.78, 5) is 8.52. The number of nitrogens with one attached hydrogen (secondary N) is 1. The van der Waals surface area contributed by atoms with Gasteiger partial charge in [0.15, 0.2) is 0 Å². The maximum atomic E-state index is 14.9. The Hall–Kier alpha value is -2.49. The second-order valence-corrected chi connectivity index (χ2v) is 8.59. The summed E-state index contributed by atoms with van der Waals surface area (Å²) >= 11 is 0. The molecule has 2 aromatic rings. The highest BCUT2D eigenvalue weighted by Gasteiger charge is 2.30. The summed E-state index contributed by atoms with van der Waals surface area (Å²) in [5.74, 6) is 0.693. The Morgan fingerprint density at radius 1 is 1.21 bits per heavy atom. The van der Waals surface area contributed by atoms with Crippen molar-refractivity contribution in [3.8, 4) is 0 Å². The Bertz CT molecular complexity index is 898. The minimum absolute atomic E-state index is 0.406. The molecule has 0 amide bonds. The van der Waals surface area contributed by atoms with Gasteiger partial charge in [0.2, 0.25) is 5.95 Å². The second-order valence-electron chi connectivity index (χ2n) is 8.59. The van der Waals surface area contributed by atoms with E-state index in [1.807, 2.05) is 37.3 Å². The fourth-order valence-corrected chi connectivity index (χ4v) is 4.16. The van der Waals surface area contributed by atoms with Crippen molar-refractivity contribution in [2.24, 2.45) is 16.3 Å². The van der Waals surface area contributed by atoms with Crippen LogP contribution < -0.4 is 5.32 Å². The summed E-state index contributed by atoms with van der Waals surface area (Å²) < 4.78 is 14.9. The third-order valence-corrected chi connectivity index (χ3v) is 5.61. The summed E-state index contributed by atoms with van der Waals surface area (Å²) in [5.41, 5.74) is 4.16. The molecule has 0 saturated heterocycles. The van der Waals surface area contributed by atoms with Crippen molar-refractivity contribution in [1.29, 1.82) is 0 Å². The Labute approximate surface area is 167 Å². The topological polar surface area (TPSA) is 37.3 Å². The van der Waals surface area contributed by atoms with Crippen LogP contribution in [0.1, 0.15) is 56.7 Å². The lowest BCUT2D eigenvalue weighted by Gasteiger charge is -2.18. The summed E-state index contributed by atoms with van der Waals surface area (Å²) in [6.45, 7) is 11.4. The number of aromatic nitrogens is 1. The Morgan fingerprint density at radius 2 is 1.93 bits per heavy atom. The number of benzene rings is 1. The van der Waals surface area contributed by atoms with E-state index in [0.717, 1.165) is 23.2 Å². The van der Waals surface area contributed by atoms with Gasteiger partial charge in [0, 0.05) is 19.2 Å². The van der Waals surface area contributed by atoms with Gasteiger partial charge in [0.25, 0.3) is 0 Å². The third kappa shape index (κ3) is 4.49. The van der Waals surface area contributed by atoms with Crippen LogP contribution in [0.4, 0.5) is 10.2 Å². The predicted molar refractivity (Wildman–Crippen MR) is 117 cm³/mol. The van der Waals surface area contributed by atoms with Crippen molar-refractivity contribution in [3.05, 3.63) is 65.6 Å².